The monoisotopic (exact) mass is 314 g/mol. The third kappa shape index (κ3) is 4.14. The SMILES string of the molecule is CCc1ccc(CN[C@H]2CCN(C(=O)C3CC3)C[C@H]2CC)cc1. The van der Waals surface area contributed by atoms with Crippen LogP contribution in [0, 0.1) is 11.8 Å². The number of rotatable bonds is 6. The molecule has 23 heavy (non-hydrogen) atoms. The van der Waals surface area contributed by atoms with Crippen molar-refractivity contribution in [2.45, 2.75) is 58.5 Å². The summed E-state index contributed by atoms with van der Waals surface area (Å²) in [7, 11) is 0. The molecule has 1 N–H and O–H groups in total. The Hall–Kier alpha value is -1.35. The van der Waals surface area contributed by atoms with E-state index in [2.05, 4.69) is 48.3 Å². The summed E-state index contributed by atoms with van der Waals surface area (Å²) in [5, 5.41) is 3.74. The normalized spacial score (nSPS) is 24.7. The number of nitrogens with zero attached hydrogens (tertiary/aromatic N) is 1. The Balaban J connectivity index is 1.52. The fourth-order valence-corrected chi connectivity index (χ4v) is 3.64. The largest absolute Gasteiger partial charge is 0.342 e. The lowest BCUT2D eigenvalue weighted by Crippen LogP contribution is -2.51. The van der Waals surface area contributed by atoms with E-state index in [-0.39, 0.29) is 0 Å². The van der Waals surface area contributed by atoms with E-state index in [4.69, 9.17) is 0 Å². The Morgan fingerprint density at radius 2 is 1.83 bits per heavy atom. The Morgan fingerprint density at radius 1 is 1.13 bits per heavy atom. The summed E-state index contributed by atoms with van der Waals surface area (Å²) >= 11 is 0. The van der Waals surface area contributed by atoms with Gasteiger partial charge in [-0.3, -0.25) is 4.79 Å². The third-order valence-electron chi connectivity index (χ3n) is 5.50. The molecule has 1 saturated carbocycles. The van der Waals surface area contributed by atoms with Crippen molar-refractivity contribution in [3.05, 3.63) is 35.4 Å². The van der Waals surface area contributed by atoms with E-state index in [9.17, 15) is 4.79 Å². The number of likely N-dealkylation sites (tertiary alicyclic amines) is 1. The van der Waals surface area contributed by atoms with E-state index >= 15 is 0 Å². The van der Waals surface area contributed by atoms with Crippen LogP contribution in [0.15, 0.2) is 24.3 Å². The highest BCUT2D eigenvalue weighted by atomic mass is 16.2. The van der Waals surface area contributed by atoms with Gasteiger partial charge in [-0.1, -0.05) is 44.5 Å². The van der Waals surface area contributed by atoms with E-state index < -0.39 is 0 Å². The van der Waals surface area contributed by atoms with Crippen molar-refractivity contribution in [2.24, 2.45) is 11.8 Å². The molecule has 2 fully saturated rings. The second-order valence-corrected chi connectivity index (χ2v) is 7.17. The molecular formula is C20H30N2O. The molecule has 3 rings (SSSR count). The van der Waals surface area contributed by atoms with Gasteiger partial charge in [0, 0.05) is 31.6 Å². The summed E-state index contributed by atoms with van der Waals surface area (Å²) in [5.41, 5.74) is 2.75. The number of aryl methyl sites for hydroxylation is 1. The molecule has 1 aromatic carbocycles. The van der Waals surface area contributed by atoms with Gasteiger partial charge < -0.3 is 10.2 Å². The molecular weight excluding hydrogens is 284 g/mol. The van der Waals surface area contributed by atoms with Crippen LogP contribution >= 0.6 is 0 Å². The summed E-state index contributed by atoms with van der Waals surface area (Å²) in [5.74, 6) is 1.35. The Kier molecular flexibility index (Phi) is 5.37. The number of amides is 1. The lowest BCUT2D eigenvalue weighted by Gasteiger charge is -2.39. The maximum Gasteiger partial charge on any atom is 0.225 e. The average molecular weight is 314 g/mol. The van der Waals surface area contributed by atoms with Gasteiger partial charge in [-0.15, -0.1) is 0 Å². The van der Waals surface area contributed by atoms with E-state index in [1.807, 2.05) is 0 Å². The second-order valence-electron chi connectivity index (χ2n) is 7.17. The molecule has 1 amide bonds. The first-order chi connectivity index (χ1) is 11.2. The van der Waals surface area contributed by atoms with Crippen LogP contribution in [-0.2, 0) is 17.8 Å². The highest BCUT2D eigenvalue weighted by Crippen LogP contribution is 2.33. The van der Waals surface area contributed by atoms with Crippen LogP contribution in [0.1, 0.15) is 50.7 Å². The topological polar surface area (TPSA) is 32.3 Å². The summed E-state index contributed by atoms with van der Waals surface area (Å²) < 4.78 is 0. The molecule has 0 radical (unpaired) electrons. The Morgan fingerprint density at radius 3 is 2.43 bits per heavy atom. The molecule has 0 aromatic heterocycles. The number of nitrogens with one attached hydrogen (secondary N) is 1. The summed E-state index contributed by atoms with van der Waals surface area (Å²) in [4.78, 5) is 14.4. The van der Waals surface area contributed by atoms with Gasteiger partial charge in [0.15, 0.2) is 0 Å². The summed E-state index contributed by atoms with van der Waals surface area (Å²) in [6, 6.07) is 9.46. The molecule has 0 spiro atoms. The van der Waals surface area contributed by atoms with Crippen LogP contribution in [0.3, 0.4) is 0 Å². The molecule has 126 valence electrons. The van der Waals surface area contributed by atoms with E-state index in [0.29, 0.717) is 23.8 Å². The number of benzene rings is 1. The highest BCUT2D eigenvalue weighted by molar-refractivity contribution is 5.81. The van der Waals surface area contributed by atoms with Crippen LogP contribution in [0.5, 0.6) is 0 Å². The van der Waals surface area contributed by atoms with Crippen molar-refractivity contribution < 1.29 is 4.79 Å². The maximum atomic E-state index is 12.3. The second kappa shape index (κ2) is 7.48. The molecule has 2 aliphatic rings. The first-order valence-electron chi connectivity index (χ1n) is 9.31. The quantitative estimate of drug-likeness (QED) is 0.873. The zero-order valence-electron chi connectivity index (χ0n) is 14.6. The number of hydrogen-bond donors (Lipinski definition) is 1. The van der Waals surface area contributed by atoms with Crippen molar-refractivity contribution in [1.82, 2.24) is 10.2 Å². The van der Waals surface area contributed by atoms with E-state index in [1.54, 1.807) is 0 Å². The zero-order chi connectivity index (χ0) is 16.2. The molecule has 0 unspecified atom stereocenters. The van der Waals surface area contributed by atoms with Crippen molar-refractivity contribution in [1.29, 1.82) is 0 Å². The number of piperidine rings is 1. The molecule has 3 heteroatoms. The van der Waals surface area contributed by atoms with E-state index in [1.165, 1.54) is 11.1 Å². The van der Waals surface area contributed by atoms with Crippen molar-refractivity contribution in [3.63, 3.8) is 0 Å². The average Bonchev–Trinajstić information content (AvgIpc) is 3.44. The fourth-order valence-electron chi connectivity index (χ4n) is 3.64. The van der Waals surface area contributed by atoms with E-state index in [0.717, 1.165) is 51.7 Å². The van der Waals surface area contributed by atoms with Gasteiger partial charge >= 0.3 is 0 Å². The van der Waals surface area contributed by atoms with Crippen LogP contribution in [0.2, 0.25) is 0 Å². The number of hydrogen-bond acceptors (Lipinski definition) is 2. The molecule has 1 aromatic rings. The summed E-state index contributed by atoms with van der Waals surface area (Å²) in [6.07, 6.45) is 5.55. The van der Waals surface area contributed by atoms with Crippen molar-refractivity contribution >= 4 is 5.91 Å². The van der Waals surface area contributed by atoms with Gasteiger partial charge in [0.05, 0.1) is 0 Å². The first-order valence-corrected chi connectivity index (χ1v) is 9.31. The molecule has 3 nitrogen and oxygen atoms in total. The van der Waals surface area contributed by atoms with Gasteiger partial charge in [0.1, 0.15) is 0 Å². The smallest absolute Gasteiger partial charge is 0.225 e. The minimum atomic E-state index is 0.356. The summed E-state index contributed by atoms with van der Waals surface area (Å²) in [6.45, 7) is 7.24. The molecule has 2 atom stereocenters. The van der Waals surface area contributed by atoms with Crippen molar-refractivity contribution in [2.75, 3.05) is 13.1 Å². The standard InChI is InChI=1S/C20H30N2O/c1-3-15-5-7-16(8-6-15)13-21-19-11-12-22(14-17(19)4-2)20(23)18-9-10-18/h5-8,17-19,21H,3-4,9-14H2,1-2H3/t17-,19+/m1/s1. The maximum absolute atomic E-state index is 12.3. The highest BCUT2D eigenvalue weighted by Gasteiger charge is 2.37. The van der Waals surface area contributed by atoms with Gasteiger partial charge in [-0.05, 0) is 42.7 Å². The van der Waals surface area contributed by atoms with Crippen LogP contribution in [-0.4, -0.2) is 29.9 Å². The lowest BCUT2D eigenvalue weighted by atomic mass is 9.89. The lowest BCUT2D eigenvalue weighted by molar-refractivity contribution is -0.134. The molecule has 1 aliphatic carbocycles. The third-order valence-corrected chi connectivity index (χ3v) is 5.50. The van der Waals surface area contributed by atoms with Crippen molar-refractivity contribution in [3.8, 4) is 0 Å². The number of carbonyl (C=O) groups is 1. The fraction of sp³-hybridized carbons (Fsp3) is 0.650. The molecule has 1 saturated heterocycles. The minimum absolute atomic E-state index is 0.356. The molecule has 0 bridgehead atoms. The number of carbonyl (C=O) groups excluding carboxylic acids is 1. The van der Waals surface area contributed by atoms with Crippen LogP contribution < -0.4 is 5.32 Å². The van der Waals surface area contributed by atoms with Gasteiger partial charge in [0.2, 0.25) is 5.91 Å². The predicted octanol–water partition coefficient (Wildman–Crippen LogP) is 3.38. The minimum Gasteiger partial charge on any atom is -0.342 e. The first kappa shape index (κ1) is 16.5. The van der Waals surface area contributed by atoms with Crippen LogP contribution in [0.4, 0.5) is 0 Å². The predicted molar refractivity (Wildman–Crippen MR) is 94.1 cm³/mol. The Bertz CT molecular complexity index is 521. The van der Waals surface area contributed by atoms with Gasteiger partial charge in [0.25, 0.3) is 0 Å². The molecule has 1 aliphatic heterocycles. The van der Waals surface area contributed by atoms with Gasteiger partial charge in [-0.2, -0.15) is 0 Å². The Labute approximate surface area is 140 Å². The molecule has 1 heterocycles. The van der Waals surface area contributed by atoms with Crippen LogP contribution in [0.25, 0.3) is 0 Å². The van der Waals surface area contributed by atoms with Gasteiger partial charge in [-0.25, -0.2) is 0 Å². The zero-order valence-corrected chi connectivity index (χ0v) is 14.6.